The third-order valence-electron chi connectivity index (χ3n) is 7.60. The molecule has 2 aromatic heterocycles. The van der Waals surface area contributed by atoms with Gasteiger partial charge in [0, 0.05) is 37.8 Å². The first-order valence-electron chi connectivity index (χ1n) is 14.4. The van der Waals surface area contributed by atoms with Gasteiger partial charge in [-0.05, 0) is 32.0 Å². The molecule has 0 radical (unpaired) electrons. The number of halogens is 3. The number of carbonyl (C=O) groups excluding carboxylic acids is 1. The van der Waals surface area contributed by atoms with Crippen LogP contribution in [0.2, 0.25) is 18.1 Å². The quantitative estimate of drug-likeness (QED) is 0.0723. The van der Waals surface area contributed by atoms with Crippen LogP contribution in [-0.2, 0) is 25.2 Å². The van der Waals surface area contributed by atoms with Crippen molar-refractivity contribution < 1.29 is 31.9 Å². The van der Waals surface area contributed by atoms with E-state index in [9.17, 15) is 22.8 Å². The highest BCUT2D eigenvalue weighted by molar-refractivity contribution is 8.77. The van der Waals surface area contributed by atoms with E-state index in [-0.39, 0.29) is 47.1 Å². The average molecular weight is 696 g/mol. The molecule has 2 aromatic rings. The molecule has 1 amide bonds. The van der Waals surface area contributed by atoms with Crippen LogP contribution in [0.4, 0.5) is 19.1 Å². The zero-order valence-corrected chi connectivity index (χ0v) is 29.8. The lowest BCUT2D eigenvalue weighted by molar-refractivity contribution is -0.173. The number of aromatic nitrogens is 4. The van der Waals surface area contributed by atoms with Crippen molar-refractivity contribution >= 4 is 59.3 Å². The van der Waals surface area contributed by atoms with E-state index in [0.717, 1.165) is 0 Å². The van der Waals surface area contributed by atoms with Gasteiger partial charge in [0.2, 0.25) is 5.95 Å². The summed E-state index contributed by atoms with van der Waals surface area (Å²) in [4.78, 5) is 41.3. The molecule has 3 heterocycles. The van der Waals surface area contributed by atoms with E-state index in [1.165, 1.54) is 27.9 Å². The lowest BCUT2D eigenvalue weighted by Crippen LogP contribution is -2.44. The number of hydrogen-bond acceptors (Lipinski definition) is 10. The molecule has 3 atom stereocenters. The summed E-state index contributed by atoms with van der Waals surface area (Å²) < 4.78 is 58.0. The second kappa shape index (κ2) is 14.7. The Hall–Kier alpha value is -2.12. The van der Waals surface area contributed by atoms with E-state index in [1.54, 1.807) is 43.7 Å². The zero-order valence-electron chi connectivity index (χ0n) is 27.1. The molecule has 2 N–H and O–H groups in total. The van der Waals surface area contributed by atoms with Gasteiger partial charge in [0.05, 0.1) is 32.0 Å². The molecule has 2 unspecified atom stereocenters. The largest absolute Gasteiger partial charge is 0.471 e. The number of fused-ring (bicyclic) bond motifs is 1. The van der Waals surface area contributed by atoms with E-state index >= 15 is 0 Å². The Morgan fingerprint density at radius 2 is 1.98 bits per heavy atom. The van der Waals surface area contributed by atoms with Gasteiger partial charge < -0.3 is 28.7 Å². The highest BCUT2D eigenvalue weighted by Crippen LogP contribution is 2.39. The molecule has 0 bridgehead atoms. The molecule has 18 heteroatoms. The van der Waals surface area contributed by atoms with Crippen LogP contribution in [-0.4, -0.2) is 108 Å². The number of aliphatic imine (C=N–C) groups is 1. The Balaban J connectivity index is 1.74. The summed E-state index contributed by atoms with van der Waals surface area (Å²) in [6.45, 7) is 15.3. The fourth-order valence-corrected chi connectivity index (χ4v) is 7.23. The molecule has 45 heavy (non-hydrogen) atoms. The number of imidazole rings is 1. The second-order valence-corrected chi connectivity index (χ2v) is 21.0. The molecule has 1 aliphatic heterocycles. The van der Waals surface area contributed by atoms with E-state index in [2.05, 4.69) is 53.8 Å². The van der Waals surface area contributed by atoms with Crippen LogP contribution in [0.25, 0.3) is 11.2 Å². The number of H-pyrrole nitrogens is 1. The van der Waals surface area contributed by atoms with Gasteiger partial charge in [0.15, 0.2) is 19.5 Å². The van der Waals surface area contributed by atoms with E-state index in [1.807, 2.05) is 5.32 Å². The Kier molecular flexibility index (Phi) is 12.2. The molecule has 0 aliphatic carbocycles. The van der Waals surface area contributed by atoms with Crippen LogP contribution in [0.5, 0.6) is 0 Å². The Bertz CT molecular complexity index is 1400. The van der Waals surface area contributed by atoms with Crippen LogP contribution in [0.15, 0.2) is 16.1 Å². The van der Waals surface area contributed by atoms with Crippen molar-refractivity contribution in [2.75, 3.05) is 39.8 Å². The molecule has 0 spiro atoms. The standard InChI is InChI=1S/C27H44F3N7O5S2Si/c1-25(2,3)45(8,9)42-12-18-20(41-16-43-44-26(4,5)13-31-23(39)27(28,29)30)17(11-40-18)10-37-15-32-19-21(37)34-24(35-22(19)38)33-14-36(6)7/h14-15,17-18,20H,10-13,16H2,1-9H3,(H,31,39)(H,34,35,38)/t17?,18-,20?/m1/s1. The fraction of sp³-hybridized carbons (Fsp3) is 0.741. The number of ether oxygens (including phenoxy) is 2. The van der Waals surface area contributed by atoms with Gasteiger partial charge in [-0.25, -0.2) is 9.98 Å². The maximum absolute atomic E-state index is 12.7. The average Bonchev–Trinajstić information content (AvgIpc) is 3.50. The highest BCUT2D eigenvalue weighted by atomic mass is 33.1. The van der Waals surface area contributed by atoms with Crippen LogP contribution in [0.1, 0.15) is 34.6 Å². The summed E-state index contributed by atoms with van der Waals surface area (Å²) in [7, 11) is 4.18. The number of rotatable bonds is 14. The van der Waals surface area contributed by atoms with E-state index < -0.39 is 30.7 Å². The van der Waals surface area contributed by atoms with E-state index in [4.69, 9.17) is 13.9 Å². The Morgan fingerprint density at radius 3 is 2.60 bits per heavy atom. The van der Waals surface area contributed by atoms with Crippen molar-refractivity contribution in [2.45, 2.75) is 82.4 Å². The molecule has 0 aromatic carbocycles. The van der Waals surface area contributed by atoms with Gasteiger partial charge in [-0.15, -0.1) is 0 Å². The highest BCUT2D eigenvalue weighted by Gasteiger charge is 2.43. The lowest BCUT2D eigenvalue weighted by Gasteiger charge is -2.37. The summed E-state index contributed by atoms with van der Waals surface area (Å²) in [6.07, 6.45) is -2.58. The molecule has 0 saturated carbocycles. The van der Waals surface area contributed by atoms with Crippen molar-refractivity contribution in [1.82, 2.24) is 29.7 Å². The summed E-state index contributed by atoms with van der Waals surface area (Å²) >= 11 is 0. The lowest BCUT2D eigenvalue weighted by atomic mass is 10.0. The number of hydrogen-bond donors (Lipinski definition) is 2. The van der Waals surface area contributed by atoms with Gasteiger partial charge in [0.1, 0.15) is 12.0 Å². The minimum absolute atomic E-state index is 0.00217. The van der Waals surface area contributed by atoms with Crippen LogP contribution in [0.3, 0.4) is 0 Å². The molecule has 3 rings (SSSR count). The number of amides is 1. The van der Waals surface area contributed by atoms with Crippen molar-refractivity contribution in [2.24, 2.45) is 10.9 Å². The summed E-state index contributed by atoms with van der Waals surface area (Å²) in [6, 6.07) is 0. The van der Waals surface area contributed by atoms with Gasteiger partial charge in [-0.1, -0.05) is 42.4 Å². The Morgan fingerprint density at radius 1 is 1.29 bits per heavy atom. The SMILES string of the molecule is CN(C)C=Nc1nc2c(ncn2CC2CO[C@H](CO[Si](C)(C)C(C)(C)C)C2OCSSC(C)(C)CNC(=O)C(F)(F)F)c(=O)[nH]1. The number of carbonyl (C=O) groups is 1. The smallest absolute Gasteiger partial charge is 0.414 e. The normalized spacial score (nSPS) is 20.0. The summed E-state index contributed by atoms with van der Waals surface area (Å²) in [5.74, 6) is -1.74. The van der Waals surface area contributed by atoms with Crippen molar-refractivity contribution in [3.8, 4) is 0 Å². The van der Waals surface area contributed by atoms with Gasteiger partial charge in [0.25, 0.3) is 5.56 Å². The maximum Gasteiger partial charge on any atom is 0.471 e. The number of aromatic amines is 1. The van der Waals surface area contributed by atoms with Gasteiger partial charge >= 0.3 is 12.1 Å². The first kappa shape index (κ1) is 37.3. The molecule has 12 nitrogen and oxygen atoms in total. The number of alkyl halides is 3. The Labute approximate surface area is 270 Å². The minimum Gasteiger partial charge on any atom is -0.414 e. The fourth-order valence-electron chi connectivity index (χ4n) is 4.06. The van der Waals surface area contributed by atoms with Crippen molar-refractivity contribution in [1.29, 1.82) is 0 Å². The summed E-state index contributed by atoms with van der Waals surface area (Å²) in [5.41, 5.74) is 0.181. The molecule has 254 valence electrons. The van der Waals surface area contributed by atoms with Gasteiger partial charge in [-0.3, -0.25) is 14.6 Å². The molecular formula is C27H44F3N7O5S2Si. The van der Waals surface area contributed by atoms with Crippen LogP contribution >= 0.6 is 21.6 Å². The monoisotopic (exact) mass is 695 g/mol. The van der Waals surface area contributed by atoms with Crippen molar-refractivity contribution in [3.05, 3.63) is 16.7 Å². The van der Waals surface area contributed by atoms with Gasteiger partial charge in [-0.2, -0.15) is 18.2 Å². The molecule has 1 aliphatic rings. The molecule has 1 fully saturated rings. The minimum atomic E-state index is -4.93. The number of nitrogens with zero attached hydrogens (tertiary/aromatic N) is 5. The third kappa shape index (κ3) is 10.4. The second-order valence-electron chi connectivity index (χ2n) is 13.3. The van der Waals surface area contributed by atoms with Crippen LogP contribution in [0, 0.1) is 5.92 Å². The molecule has 1 saturated heterocycles. The predicted molar refractivity (Wildman–Crippen MR) is 174 cm³/mol. The van der Waals surface area contributed by atoms with Crippen LogP contribution < -0.4 is 10.9 Å². The number of nitrogens with one attached hydrogen (secondary N) is 2. The third-order valence-corrected chi connectivity index (χ3v) is 15.0. The van der Waals surface area contributed by atoms with Crippen molar-refractivity contribution in [3.63, 3.8) is 0 Å². The maximum atomic E-state index is 12.7. The first-order chi connectivity index (χ1) is 20.7. The van der Waals surface area contributed by atoms with E-state index in [0.29, 0.717) is 25.4 Å². The summed E-state index contributed by atoms with van der Waals surface area (Å²) in [5, 5.41) is 1.94. The molecular weight excluding hydrogens is 652 g/mol. The topological polar surface area (TPSA) is 136 Å². The first-order valence-corrected chi connectivity index (χ1v) is 19.6. The zero-order chi connectivity index (χ0) is 33.8. The predicted octanol–water partition coefficient (Wildman–Crippen LogP) is 4.56.